The molecule has 0 saturated heterocycles. The van der Waals surface area contributed by atoms with Crippen molar-refractivity contribution in [3.63, 3.8) is 0 Å². The summed E-state index contributed by atoms with van der Waals surface area (Å²) in [6.07, 6.45) is 0.923. The van der Waals surface area contributed by atoms with Crippen LogP contribution in [0.1, 0.15) is 12.5 Å². The van der Waals surface area contributed by atoms with Crippen LogP contribution in [0.25, 0.3) is 0 Å². The number of hydrogen-bond donors (Lipinski definition) is 1. The Morgan fingerprint density at radius 3 is 2.73 bits per heavy atom. The lowest BCUT2D eigenvalue weighted by molar-refractivity contribution is 0.340. The summed E-state index contributed by atoms with van der Waals surface area (Å²) in [4.78, 5) is 0. The number of aryl methyl sites for hydroxylation is 1. The van der Waals surface area contributed by atoms with E-state index in [4.69, 9.17) is 9.88 Å². The monoisotopic (exact) mass is 229 g/mol. The molecule has 0 aliphatic carbocycles. The first-order valence-electron chi connectivity index (χ1n) is 4.73. The molecule has 84 valence electrons. The summed E-state index contributed by atoms with van der Waals surface area (Å²) in [5, 5.41) is 4.85. The van der Waals surface area contributed by atoms with Crippen molar-refractivity contribution >= 4 is 10.0 Å². The summed E-state index contributed by atoms with van der Waals surface area (Å²) in [7, 11) is -3.43. The van der Waals surface area contributed by atoms with Gasteiger partial charge < -0.3 is 4.74 Å². The fraction of sp³-hybridized carbons (Fsp3) is 0.400. The maximum atomic E-state index is 10.6. The lowest BCUT2D eigenvalue weighted by Crippen LogP contribution is -2.21. The molecule has 0 heterocycles. The van der Waals surface area contributed by atoms with Crippen LogP contribution in [0.15, 0.2) is 24.3 Å². The van der Waals surface area contributed by atoms with E-state index in [0.717, 1.165) is 12.0 Å². The van der Waals surface area contributed by atoms with Crippen molar-refractivity contribution in [2.75, 3.05) is 12.4 Å². The Hall–Kier alpha value is -1.07. The maximum Gasteiger partial charge on any atom is 0.212 e. The highest BCUT2D eigenvalue weighted by molar-refractivity contribution is 7.89. The van der Waals surface area contributed by atoms with Crippen LogP contribution in [0.4, 0.5) is 0 Å². The van der Waals surface area contributed by atoms with Crippen LogP contribution < -0.4 is 9.88 Å². The molecular weight excluding hydrogens is 214 g/mol. The highest BCUT2D eigenvalue weighted by Gasteiger charge is 2.02. The zero-order valence-electron chi connectivity index (χ0n) is 8.64. The number of nitrogens with two attached hydrogens (primary N) is 1. The van der Waals surface area contributed by atoms with E-state index in [9.17, 15) is 8.42 Å². The molecule has 1 aromatic rings. The molecule has 0 unspecified atom stereocenters. The molecule has 0 aliphatic rings. The van der Waals surface area contributed by atoms with Gasteiger partial charge in [0.15, 0.2) is 0 Å². The van der Waals surface area contributed by atoms with E-state index in [-0.39, 0.29) is 12.4 Å². The average Bonchev–Trinajstić information content (AvgIpc) is 2.16. The normalized spacial score (nSPS) is 11.3. The quantitative estimate of drug-likeness (QED) is 0.816. The Morgan fingerprint density at radius 1 is 1.40 bits per heavy atom. The molecule has 1 aromatic carbocycles. The van der Waals surface area contributed by atoms with Gasteiger partial charge in [-0.15, -0.1) is 0 Å². The van der Waals surface area contributed by atoms with Crippen LogP contribution in [-0.2, 0) is 16.4 Å². The van der Waals surface area contributed by atoms with Crippen molar-refractivity contribution in [3.8, 4) is 5.75 Å². The van der Waals surface area contributed by atoms with Crippen molar-refractivity contribution in [1.29, 1.82) is 0 Å². The largest absolute Gasteiger partial charge is 0.492 e. The van der Waals surface area contributed by atoms with E-state index in [1.165, 1.54) is 0 Å². The molecule has 0 fully saturated rings. The molecule has 0 radical (unpaired) electrons. The summed E-state index contributed by atoms with van der Waals surface area (Å²) in [5.41, 5.74) is 1.16. The van der Waals surface area contributed by atoms with Gasteiger partial charge in [-0.3, -0.25) is 0 Å². The fourth-order valence-corrected chi connectivity index (χ4v) is 1.45. The molecule has 2 N–H and O–H groups in total. The molecule has 0 saturated carbocycles. The van der Waals surface area contributed by atoms with Crippen molar-refractivity contribution < 1.29 is 13.2 Å². The summed E-state index contributed by atoms with van der Waals surface area (Å²) in [5.74, 6) is 0.515. The third kappa shape index (κ3) is 4.80. The summed E-state index contributed by atoms with van der Waals surface area (Å²) in [6, 6.07) is 7.56. The van der Waals surface area contributed by atoms with Crippen LogP contribution in [0.3, 0.4) is 0 Å². The Kier molecular flexibility index (Phi) is 4.11. The van der Waals surface area contributed by atoms with Crippen molar-refractivity contribution in [3.05, 3.63) is 29.8 Å². The molecule has 0 amide bonds. The van der Waals surface area contributed by atoms with Gasteiger partial charge in [0, 0.05) is 0 Å². The van der Waals surface area contributed by atoms with Gasteiger partial charge in [0.2, 0.25) is 10.0 Å². The predicted octanol–water partition coefficient (Wildman–Crippen LogP) is 0.916. The molecule has 0 aromatic heterocycles. The van der Waals surface area contributed by atoms with Gasteiger partial charge in [-0.25, -0.2) is 13.6 Å². The zero-order valence-corrected chi connectivity index (χ0v) is 9.46. The SMILES string of the molecule is CCc1cccc(OCCS(N)(=O)=O)c1. The standard InChI is InChI=1S/C10H15NO3S/c1-2-9-4-3-5-10(8-9)14-6-7-15(11,12)13/h3-5,8H,2,6-7H2,1H3,(H2,11,12,13). The number of hydrogen-bond acceptors (Lipinski definition) is 3. The van der Waals surface area contributed by atoms with Crippen molar-refractivity contribution in [2.24, 2.45) is 5.14 Å². The Bertz CT molecular complexity index is 414. The molecule has 4 nitrogen and oxygen atoms in total. The van der Waals surface area contributed by atoms with Gasteiger partial charge in [0.1, 0.15) is 12.4 Å². The lowest BCUT2D eigenvalue weighted by Gasteiger charge is -2.06. The van der Waals surface area contributed by atoms with Crippen LogP contribution in [0.5, 0.6) is 5.75 Å². The first kappa shape index (κ1) is 12.0. The number of ether oxygens (including phenoxy) is 1. The third-order valence-corrected chi connectivity index (χ3v) is 2.68. The molecule has 1 rings (SSSR count). The summed E-state index contributed by atoms with van der Waals surface area (Å²) < 4.78 is 26.6. The number of sulfonamides is 1. The van der Waals surface area contributed by atoms with E-state index in [0.29, 0.717) is 5.75 Å². The second-order valence-corrected chi connectivity index (χ2v) is 4.95. The van der Waals surface area contributed by atoms with Gasteiger partial charge in [-0.2, -0.15) is 0 Å². The topological polar surface area (TPSA) is 69.4 Å². The minimum absolute atomic E-state index is 0.0893. The summed E-state index contributed by atoms with van der Waals surface area (Å²) in [6.45, 7) is 2.13. The van der Waals surface area contributed by atoms with Gasteiger partial charge in [-0.05, 0) is 24.1 Å². The van der Waals surface area contributed by atoms with E-state index < -0.39 is 10.0 Å². The van der Waals surface area contributed by atoms with Crippen molar-refractivity contribution in [2.45, 2.75) is 13.3 Å². The molecule has 0 aliphatic heterocycles. The van der Waals surface area contributed by atoms with Gasteiger partial charge >= 0.3 is 0 Å². The van der Waals surface area contributed by atoms with Crippen LogP contribution in [0.2, 0.25) is 0 Å². The second-order valence-electron chi connectivity index (χ2n) is 3.22. The molecule has 15 heavy (non-hydrogen) atoms. The van der Waals surface area contributed by atoms with Crippen LogP contribution >= 0.6 is 0 Å². The Morgan fingerprint density at radius 2 is 2.13 bits per heavy atom. The third-order valence-electron chi connectivity index (χ3n) is 1.94. The van der Waals surface area contributed by atoms with Crippen LogP contribution in [0, 0.1) is 0 Å². The van der Waals surface area contributed by atoms with Crippen molar-refractivity contribution in [1.82, 2.24) is 0 Å². The number of rotatable bonds is 5. The molecule has 0 spiro atoms. The minimum atomic E-state index is -3.43. The number of primary sulfonamides is 1. The molecule has 0 atom stereocenters. The minimum Gasteiger partial charge on any atom is -0.492 e. The molecule has 5 heteroatoms. The number of benzene rings is 1. The van der Waals surface area contributed by atoms with Gasteiger partial charge in [0.25, 0.3) is 0 Å². The van der Waals surface area contributed by atoms with E-state index in [2.05, 4.69) is 0 Å². The Labute approximate surface area is 90.1 Å². The second kappa shape index (κ2) is 5.14. The van der Waals surface area contributed by atoms with Crippen LogP contribution in [-0.4, -0.2) is 20.8 Å². The first-order chi connectivity index (χ1) is 7.01. The van der Waals surface area contributed by atoms with E-state index in [1.54, 1.807) is 6.07 Å². The highest BCUT2D eigenvalue weighted by Crippen LogP contribution is 2.13. The lowest BCUT2D eigenvalue weighted by atomic mass is 10.2. The van der Waals surface area contributed by atoms with Gasteiger partial charge in [0.05, 0.1) is 5.75 Å². The van der Waals surface area contributed by atoms with Gasteiger partial charge in [-0.1, -0.05) is 19.1 Å². The molecular formula is C10H15NO3S. The highest BCUT2D eigenvalue weighted by atomic mass is 32.2. The van der Waals surface area contributed by atoms with E-state index >= 15 is 0 Å². The average molecular weight is 229 g/mol. The smallest absolute Gasteiger partial charge is 0.212 e. The van der Waals surface area contributed by atoms with E-state index in [1.807, 2.05) is 25.1 Å². The zero-order chi connectivity index (χ0) is 11.3. The predicted molar refractivity (Wildman–Crippen MR) is 59.3 cm³/mol. The first-order valence-corrected chi connectivity index (χ1v) is 6.45. The molecule has 0 bridgehead atoms. The Balaban J connectivity index is 2.51. The summed E-state index contributed by atoms with van der Waals surface area (Å²) >= 11 is 0. The maximum absolute atomic E-state index is 10.6. The fourth-order valence-electron chi connectivity index (χ4n) is 1.13.